The quantitative estimate of drug-likeness (QED) is 0.275. The van der Waals surface area contributed by atoms with Gasteiger partial charge in [0.25, 0.3) is 0 Å². The largest absolute Gasteiger partial charge is 0.493 e. The van der Waals surface area contributed by atoms with E-state index in [0.717, 1.165) is 11.3 Å². The fraction of sp³-hybridized carbons (Fsp3) is 0.654. The molecule has 0 unspecified atom stereocenters. The molecule has 1 heterocycles. The van der Waals surface area contributed by atoms with E-state index < -0.39 is 15.4 Å². The van der Waals surface area contributed by atoms with E-state index in [9.17, 15) is 4.79 Å². The minimum atomic E-state index is -1.77. The van der Waals surface area contributed by atoms with E-state index in [1.165, 1.54) is 0 Å². The second-order valence-electron chi connectivity index (χ2n) is 11.1. The van der Waals surface area contributed by atoms with Gasteiger partial charge in [-0.05, 0) is 79.2 Å². The highest BCUT2D eigenvalue weighted by Crippen LogP contribution is 2.37. The van der Waals surface area contributed by atoms with Crippen LogP contribution in [0.5, 0.6) is 5.75 Å². The summed E-state index contributed by atoms with van der Waals surface area (Å²) in [6, 6.07) is 7.84. The van der Waals surface area contributed by atoms with Gasteiger partial charge in [-0.1, -0.05) is 30.3 Å². The molecule has 0 amide bonds. The minimum Gasteiger partial charge on any atom is -0.493 e. The first-order chi connectivity index (χ1) is 15.7. The zero-order chi connectivity index (χ0) is 25.6. The number of aryl methyl sites for hydroxylation is 1. The molecular formula is C26H43BO6Si. The molecule has 0 radical (unpaired) electrons. The van der Waals surface area contributed by atoms with E-state index in [0.29, 0.717) is 25.9 Å². The molecule has 1 fully saturated rings. The first kappa shape index (κ1) is 28.6. The fourth-order valence-corrected chi connectivity index (χ4v) is 4.63. The molecule has 0 spiro atoms. The topological polar surface area (TPSA) is 63.2 Å². The smallest absolute Gasteiger partial charge is 0.486 e. The molecule has 1 aliphatic heterocycles. The van der Waals surface area contributed by atoms with Gasteiger partial charge in [0.05, 0.1) is 30.0 Å². The van der Waals surface area contributed by atoms with Crippen molar-refractivity contribution in [2.45, 2.75) is 104 Å². The van der Waals surface area contributed by atoms with Gasteiger partial charge in [-0.2, -0.15) is 0 Å². The molecule has 0 N–H and O–H groups in total. The van der Waals surface area contributed by atoms with E-state index in [4.69, 9.17) is 23.2 Å². The number of esters is 1. The molecule has 1 aliphatic rings. The number of para-hydroxylation sites is 1. The average molecular weight is 491 g/mol. The van der Waals surface area contributed by atoms with Gasteiger partial charge in [0.15, 0.2) is 8.32 Å². The molecule has 0 saturated carbocycles. The van der Waals surface area contributed by atoms with Crippen LogP contribution in [-0.4, -0.2) is 51.4 Å². The van der Waals surface area contributed by atoms with Crippen LogP contribution >= 0.6 is 0 Å². The number of rotatable bonds is 12. The number of hydrogen-bond donors (Lipinski definition) is 0. The molecular weight excluding hydrogens is 447 g/mol. The van der Waals surface area contributed by atoms with Crippen molar-refractivity contribution in [3.05, 3.63) is 41.9 Å². The maximum Gasteiger partial charge on any atom is 0.486 e. The SMILES string of the molecule is CC(C)OC(=O)CCc1ccccc1OCC[C@H](/C=C/B1OC(C)(C)C(C)(C)O1)O[Si](C)(C)C. The third-order valence-corrected chi connectivity index (χ3v) is 6.87. The summed E-state index contributed by atoms with van der Waals surface area (Å²) in [4.78, 5) is 11.9. The highest BCUT2D eigenvalue weighted by Gasteiger charge is 2.50. The number of carbonyl (C=O) groups excluding carboxylic acids is 1. The van der Waals surface area contributed by atoms with Crippen LogP contribution in [0, 0.1) is 0 Å². The van der Waals surface area contributed by atoms with Crippen molar-refractivity contribution in [3.8, 4) is 5.75 Å². The summed E-state index contributed by atoms with van der Waals surface area (Å²) in [5, 5.41) is 0. The molecule has 2 rings (SSSR count). The normalized spacial score (nSPS) is 18.5. The van der Waals surface area contributed by atoms with Crippen LogP contribution in [0.1, 0.15) is 59.9 Å². The number of ether oxygens (including phenoxy) is 2. The molecule has 190 valence electrons. The van der Waals surface area contributed by atoms with Crippen molar-refractivity contribution in [2.24, 2.45) is 0 Å². The highest BCUT2D eigenvalue weighted by molar-refractivity contribution is 6.69. The van der Waals surface area contributed by atoms with E-state index in [2.05, 4.69) is 19.6 Å². The lowest BCUT2D eigenvalue weighted by atomic mass is 9.89. The summed E-state index contributed by atoms with van der Waals surface area (Å²) in [5.41, 5.74) is 0.260. The Hall–Kier alpha value is -1.61. The molecule has 1 saturated heterocycles. The third-order valence-electron chi connectivity index (χ3n) is 5.86. The van der Waals surface area contributed by atoms with Gasteiger partial charge in [-0.25, -0.2) is 0 Å². The van der Waals surface area contributed by atoms with Gasteiger partial charge < -0.3 is 23.2 Å². The van der Waals surface area contributed by atoms with Crippen molar-refractivity contribution in [2.75, 3.05) is 6.61 Å². The zero-order valence-electron chi connectivity index (χ0n) is 22.5. The number of benzene rings is 1. The van der Waals surface area contributed by atoms with Crippen molar-refractivity contribution in [3.63, 3.8) is 0 Å². The van der Waals surface area contributed by atoms with Gasteiger partial charge in [-0.15, -0.1) is 0 Å². The van der Waals surface area contributed by atoms with E-state index in [1.54, 1.807) is 0 Å². The highest BCUT2D eigenvalue weighted by atomic mass is 28.4. The summed E-state index contributed by atoms with van der Waals surface area (Å²) in [5.74, 6) is 2.55. The van der Waals surface area contributed by atoms with Crippen LogP contribution in [0.25, 0.3) is 0 Å². The van der Waals surface area contributed by atoms with Crippen molar-refractivity contribution < 1.29 is 28.0 Å². The minimum absolute atomic E-state index is 0.0983. The molecule has 8 heteroatoms. The van der Waals surface area contributed by atoms with E-state index in [1.807, 2.05) is 77.9 Å². The van der Waals surface area contributed by atoms with Crippen molar-refractivity contribution >= 4 is 21.4 Å². The van der Waals surface area contributed by atoms with Crippen molar-refractivity contribution in [1.82, 2.24) is 0 Å². The van der Waals surface area contributed by atoms with Crippen LogP contribution in [-0.2, 0) is 29.7 Å². The zero-order valence-corrected chi connectivity index (χ0v) is 23.5. The molecule has 1 aromatic rings. The standard InChI is InChI=1S/C26H43BO6Si/c1-20(2)30-24(28)15-14-21-12-10-11-13-23(21)29-19-17-22(31-34(7,8)9)16-18-27-32-25(3,4)26(5,6)33-27/h10-13,16,18,20,22H,14-15,17,19H2,1-9H3/b18-16+/t22-/m0/s1. The predicted molar refractivity (Wildman–Crippen MR) is 140 cm³/mol. The lowest BCUT2D eigenvalue weighted by Crippen LogP contribution is -2.41. The first-order valence-corrected chi connectivity index (χ1v) is 15.7. The number of carbonyl (C=O) groups is 1. The lowest BCUT2D eigenvalue weighted by Gasteiger charge is -2.32. The lowest BCUT2D eigenvalue weighted by molar-refractivity contribution is -0.147. The Morgan fingerprint density at radius 2 is 1.71 bits per heavy atom. The Morgan fingerprint density at radius 1 is 1.09 bits per heavy atom. The second-order valence-corrected chi connectivity index (χ2v) is 15.5. The van der Waals surface area contributed by atoms with Crippen LogP contribution in [0.2, 0.25) is 19.6 Å². The van der Waals surface area contributed by atoms with Crippen LogP contribution in [0.4, 0.5) is 0 Å². The Kier molecular flexibility index (Phi) is 10.0. The summed E-state index contributed by atoms with van der Waals surface area (Å²) in [7, 11) is -2.17. The summed E-state index contributed by atoms with van der Waals surface area (Å²) < 4.78 is 29.9. The maximum absolute atomic E-state index is 11.9. The van der Waals surface area contributed by atoms with E-state index in [-0.39, 0.29) is 29.4 Å². The molecule has 34 heavy (non-hydrogen) atoms. The Labute approximate surface area is 207 Å². The predicted octanol–water partition coefficient (Wildman–Crippen LogP) is 5.75. The Morgan fingerprint density at radius 3 is 2.29 bits per heavy atom. The second kappa shape index (κ2) is 11.9. The van der Waals surface area contributed by atoms with Crippen LogP contribution < -0.4 is 4.74 Å². The first-order valence-electron chi connectivity index (χ1n) is 12.3. The molecule has 0 aromatic heterocycles. The number of hydrogen-bond acceptors (Lipinski definition) is 6. The Balaban J connectivity index is 1.97. The third kappa shape index (κ3) is 9.21. The van der Waals surface area contributed by atoms with Gasteiger partial charge >= 0.3 is 13.1 Å². The average Bonchev–Trinajstić information content (AvgIpc) is 2.90. The van der Waals surface area contributed by atoms with Gasteiger partial charge in [0.2, 0.25) is 0 Å². The molecule has 6 nitrogen and oxygen atoms in total. The Bertz CT molecular complexity index is 815. The van der Waals surface area contributed by atoms with Gasteiger partial charge in [0.1, 0.15) is 5.75 Å². The molecule has 0 bridgehead atoms. The molecule has 0 aliphatic carbocycles. The summed E-state index contributed by atoms with van der Waals surface area (Å²) in [6.45, 7) is 18.9. The fourth-order valence-electron chi connectivity index (χ4n) is 3.53. The van der Waals surface area contributed by atoms with E-state index >= 15 is 0 Å². The van der Waals surface area contributed by atoms with Crippen molar-refractivity contribution in [1.29, 1.82) is 0 Å². The molecule has 1 aromatic carbocycles. The molecule has 1 atom stereocenters. The maximum atomic E-state index is 11.9. The summed E-state index contributed by atoms with van der Waals surface area (Å²) in [6.07, 6.45) is 3.45. The van der Waals surface area contributed by atoms with Gasteiger partial charge in [-0.3, -0.25) is 4.79 Å². The summed E-state index contributed by atoms with van der Waals surface area (Å²) >= 11 is 0. The monoisotopic (exact) mass is 490 g/mol. The van der Waals surface area contributed by atoms with Crippen LogP contribution in [0.15, 0.2) is 36.3 Å². The van der Waals surface area contributed by atoms with Crippen LogP contribution in [0.3, 0.4) is 0 Å². The van der Waals surface area contributed by atoms with Gasteiger partial charge in [0, 0.05) is 12.8 Å².